The molecule has 0 amide bonds. The summed E-state index contributed by atoms with van der Waals surface area (Å²) in [5, 5.41) is 8.61. The maximum Gasteiger partial charge on any atom is 0.0558 e. The summed E-state index contributed by atoms with van der Waals surface area (Å²) < 4.78 is 0. The van der Waals surface area contributed by atoms with Crippen LogP contribution in [0.5, 0.6) is 0 Å². The van der Waals surface area contributed by atoms with Crippen LogP contribution in [0.1, 0.15) is 19.3 Å². The Morgan fingerprint density at radius 3 is 2.73 bits per heavy atom. The Balaban J connectivity index is 2.09. The maximum atomic E-state index is 8.61. The molecule has 0 radical (unpaired) electrons. The average Bonchev–Trinajstić information content (AvgIpc) is 1.85. The smallest absolute Gasteiger partial charge is 0.0558 e. The van der Waals surface area contributed by atoms with Crippen LogP contribution in [0, 0.1) is 0 Å². The number of likely N-dealkylation sites (N-methyl/N-ethyl adjacent to an activating group) is 1. The highest BCUT2D eigenvalue weighted by atomic mass is 16.3. The van der Waals surface area contributed by atoms with E-state index in [-0.39, 0.29) is 6.61 Å². The number of rotatable bonds is 4. The summed E-state index contributed by atoms with van der Waals surface area (Å²) in [4.78, 5) is 2.13. The molecule has 64 valence electrons. The molecule has 0 heterocycles. The minimum absolute atomic E-state index is 0.264. The maximum absolute atomic E-state index is 8.61. The first-order chi connectivity index (χ1) is 5.33. The molecule has 2 heteroatoms. The van der Waals surface area contributed by atoms with Gasteiger partial charge in [-0.3, -0.25) is 0 Å². The number of aliphatic hydroxyl groups excluding tert-OH is 1. The number of aliphatic hydroxyl groups is 1. The summed E-state index contributed by atoms with van der Waals surface area (Å²) in [6.45, 7) is 2.04. The molecular formula is C9H17NO. The largest absolute Gasteiger partial charge is 0.395 e. The first-order valence-electron chi connectivity index (χ1n) is 4.30. The second kappa shape index (κ2) is 4.52. The quantitative estimate of drug-likeness (QED) is 0.613. The highest BCUT2D eigenvalue weighted by molar-refractivity contribution is 5.09. The van der Waals surface area contributed by atoms with Crippen molar-refractivity contribution < 1.29 is 5.11 Å². The van der Waals surface area contributed by atoms with E-state index in [0.717, 1.165) is 13.1 Å². The molecule has 0 atom stereocenters. The first kappa shape index (κ1) is 8.75. The van der Waals surface area contributed by atoms with E-state index in [4.69, 9.17) is 5.11 Å². The normalized spacial score (nSPS) is 16.8. The summed E-state index contributed by atoms with van der Waals surface area (Å²) in [7, 11) is 2.03. The van der Waals surface area contributed by atoms with E-state index in [1.165, 1.54) is 19.3 Å². The Morgan fingerprint density at radius 2 is 2.27 bits per heavy atom. The third-order valence-corrected chi connectivity index (χ3v) is 2.17. The molecule has 0 bridgehead atoms. The van der Waals surface area contributed by atoms with E-state index in [0.29, 0.717) is 0 Å². The van der Waals surface area contributed by atoms with E-state index in [2.05, 4.69) is 11.0 Å². The van der Waals surface area contributed by atoms with Crippen LogP contribution in [0.2, 0.25) is 0 Å². The molecule has 0 spiro atoms. The van der Waals surface area contributed by atoms with Crippen LogP contribution in [0.15, 0.2) is 11.6 Å². The van der Waals surface area contributed by atoms with E-state index in [9.17, 15) is 0 Å². The van der Waals surface area contributed by atoms with Crippen molar-refractivity contribution in [1.29, 1.82) is 0 Å². The SMILES string of the molecule is CN(CC=C1CCC1)CCO. The van der Waals surface area contributed by atoms with Gasteiger partial charge in [0.1, 0.15) is 0 Å². The molecule has 1 rings (SSSR count). The zero-order chi connectivity index (χ0) is 8.10. The van der Waals surface area contributed by atoms with Gasteiger partial charge in [0.15, 0.2) is 0 Å². The van der Waals surface area contributed by atoms with Crippen molar-refractivity contribution in [1.82, 2.24) is 4.90 Å². The molecule has 1 fully saturated rings. The van der Waals surface area contributed by atoms with E-state index in [1.54, 1.807) is 5.57 Å². The fourth-order valence-corrected chi connectivity index (χ4v) is 1.13. The number of nitrogens with zero attached hydrogens (tertiary/aromatic N) is 1. The Labute approximate surface area is 68.5 Å². The predicted molar refractivity (Wildman–Crippen MR) is 46.5 cm³/mol. The second-order valence-corrected chi connectivity index (χ2v) is 3.20. The summed E-state index contributed by atoms with van der Waals surface area (Å²) in [5.74, 6) is 0. The monoisotopic (exact) mass is 155 g/mol. The van der Waals surface area contributed by atoms with Gasteiger partial charge in [0.25, 0.3) is 0 Å². The molecule has 1 aliphatic rings. The van der Waals surface area contributed by atoms with Gasteiger partial charge < -0.3 is 10.0 Å². The van der Waals surface area contributed by atoms with Crippen LogP contribution in [0.3, 0.4) is 0 Å². The molecule has 0 aromatic rings. The molecule has 0 aromatic heterocycles. The fraction of sp³-hybridized carbons (Fsp3) is 0.778. The lowest BCUT2D eigenvalue weighted by Gasteiger charge is -2.18. The average molecular weight is 155 g/mol. The highest BCUT2D eigenvalue weighted by Gasteiger charge is 2.07. The minimum atomic E-state index is 0.264. The summed E-state index contributed by atoms with van der Waals surface area (Å²) >= 11 is 0. The number of allylic oxidation sites excluding steroid dienone is 1. The van der Waals surface area contributed by atoms with Crippen molar-refractivity contribution in [2.45, 2.75) is 19.3 Å². The van der Waals surface area contributed by atoms with Crippen molar-refractivity contribution in [2.24, 2.45) is 0 Å². The minimum Gasteiger partial charge on any atom is -0.395 e. The molecule has 0 aromatic carbocycles. The molecule has 1 N–H and O–H groups in total. The van der Waals surface area contributed by atoms with Gasteiger partial charge in [-0.15, -0.1) is 0 Å². The fourth-order valence-electron chi connectivity index (χ4n) is 1.13. The van der Waals surface area contributed by atoms with Gasteiger partial charge in [-0.05, 0) is 26.3 Å². The Kier molecular flexibility index (Phi) is 3.60. The predicted octanol–water partition coefficient (Wildman–Crippen LogP) is 1.02. The first-order valence-corrected chi connectivity index (χ1v) is 4.30. The van der Waals surface area contributed by atoms with Gasteiger partial charge in [0.05, 0.1) is 6.61 Å². The number of hydrogen-bond acceptors (Lipinski definition) is 2. The van der Waals surface area contributed by atoms with Gasteiger partial charge in [-0.1, -0.05) is 11.6 Å². The van der Waals surface area contributed by atoms with Crippen LogP contribution in [0.4, 0.5) is 0 Å². The zero-order valence-corrected chi connectivity index (χ0v) is 7.21. The van der Waals surface area contributed by atoms with Gasteiger partial charge in [0.2, 0.25) is 0 Å². The van der Waals surface area contributed by atoms with E-state index >= 15 is 0 Å². The summed E-state index contributed by atoms with van der Waals surface area (Å²) in [5.41, 5.74) is 1.59. The topological polar surface area (TPSA) is 23.5 Å². The lowest BCUT2D eigenvalue weighted by Crippen LogP contribution is -2.22. The third kappa shape index (κ3) is 3.04. The molecule has 0 unspecified atom stereocenters. The third-order valence-electron chi connectivity index (χ3n) is 2.17. The molecular weight excluding hydrogens is 138 g/mol. The van der Waals surface area contributed by atoms with Crippen LogP contribution < -0.4 is 0 Å². The lowest BCUT2D eigenvalue weighted by molar-refractivity contribution is 0.232. The standard InChI is InChI=1S/C9H17NO/c1-10(7-8-11)6-5-9-3-2-4-9/h5,11H,2-4,6-8H2,1H3. The van der Waals surface area contributed by atoms with E-state index in [1.807, 2.05) is 7.05 Å². The van der Waals surface area contributed by atoms with Crippen molar-refractivity contribution in [2.75, 3.05) is 26.7 Å². The van der Waals surface area contributed by atoms with Crippen LogP contribution in [-0.4, -0.2) is 36.8 Å². The summed E-state index contributed by atoms with van der Waals surface area (Å²) in [6.07, 6.45) is 6.26. The molecule has 0 aliphatic heterocycles. The van der Waals surface area contributed by atoms with Crippen LogP contribution in [0.25, 0.3) is 0 Å². The van der Waals surface area contributed by atoms with Gasteiger partial charge in [-0.2, -0.15) is 0 Å². The Bertz CT molecular complexity index is 136. The van der Waals surface area contributed by atoms with Crippen molar-refractivity contribution >= 4 is 0 Å². The zero-order valence-electron chi connectivity index (χ0n) is 7.21. The second-order valence-electron chi connectivity index (χ2n) is 3.20. The molecule has 2 nitrogen and oxygen atoms in total. The van der Waals surface area contributed by atoms with Crippen molar-refractivity contribution in [3.8, 4) is 0 Å². The molecule has 1 aliphatic carbocycles. The van der Waals surface area contributed by atoms with Crippen molar-refractivity contribution in [3.05, 3.63) is 11.6 Å². The van der Waals surface area contributed by atoms with E-state index < -0.39 is 0 Å². The Hall–Kier alpha value is -0.340. The van der Waals surface area contributed by atoms with Gasteiger partial charge >= 0.3 is 0 Å². The van der Waals surface area contributed by atoms with Gasteiger partial charge in [0, 0.05) is 13.1 Å². The van der Waals surface area contributed by atoms with Crippen LogP contribution >= 0.6 is 0 Å². The molecule has 0 saturated heterocycles. The number of hydrogen-bond donors (Lipinski definition) is 1. The molecule has 1 saturated carbocycles. The van der Waals surface area contributed by atoms with Crippen molar-refractivity contribution in [3.63, 3.8) is 0 Å². The lowest BCUT2D eigenvalue weighted by atomic mass is 9.92. The Morgan fingerprint density at radius 1 is 1.55 bits per heavy atom. The van der Waals surface area contributed by atoms with Crippen LogP contribution in [-0.2, 0) is 0 Å². The summed E-state index contributed by atoms with van der Waals surface area (Å²) in [6, 6.07) is 0. The van der Waals surface area contributed by atoms with Gasteiger partial charge in [-0.25, -0.2) is 0 Å². The highest BCUT2D eigenvalue weighted by Crippen LogP contribution is 2.24. The molecule has 11 heavy (non-hydrogen) atoms.